The molecule has 4 aliphatic rings. The van der Waals surface area contributed by atoms with Crippen LogP contribution < -0.4 is 34.4 Å². The second-order valence-corrected chi connectivity index (χ2v) is 15.0. The van der Waals surface area contributed by atoms with Crippen molar-refractivity contribution in [1.29, 1.82) is 0 Å². The molecule has 19 heteroatoms. The van der Waals surface area contributed by atoms with E-state index in [-0.39, 0.29) is 25.9 Å². The molecule has 3 saturated heterocycles. The number of hydrogen-bond donors (Lipinski definition) is 13. The molecule has 4 rings (SSSR count). The molecule has 0 aromatic carbocycles. The first-order chi connectivity index (χ1) is 22.8. The molecule has 18 N–H and O–H groups in total. The molecule has 0 radical (unpaired) electrons. The fourth-order valence-corrected chi connectivity index (χ4v) is 8.44. The van der Waals surface area contributed by atoms with Crippen molar-refractivity contribution in [3.63, 3.8) is 0 Å². The van der Waals surface area contributed by atoms with Gasteiger partial charge in [-0.25, -0.2) is 0 Å². The van der Waals surface area contributed by atoms with Crippen molar-refractivity contribution >= 4 is 24.4 Å². The molecule has 48 heavy (non-hydrogen) atoms. The third kappa shape index (κ3) is 9.32. The van der Waals surface area contributed by atoms with Crippen LogP contribution in [-0.4, -0.2) is 178 Å². The lowest BCUT2D eigenvalue weighted by Gasteiger charge is -2.48. The molecule has 4 fully saturated rings. The standard InChI is InChI=1S/C29H58N6O11S2/c30-8-17-23(37)26(40)20(34)15(43-17)5-11-12(22(36)14(33)7-13(11)32)6-16-25(39)28(19(44-16)10-48-4-2-42-1-3-47)46-29-21(35)27(41)24(38)18(9-31)45-29/h11-29,36-41,47H,1-10,30-35H2/t11-,12-,13?,14+,15+,16-,17?,18?,19+,20?,21+,22?,23+,24+,25+,26+,27?,28?,29?/m0/s1. The Morgan fingerprint density at radius 1 is 0.646 bits per heavy atom. The lowest BCUT2D eigenvalue weighted by molar-refractivity contribution is -0.278. The number of thiol groups is 1. The van der Waals surface area contributed by atoms with Gasteiger partial charge in [0.2, 0.25) is 0 Å². The molecule has 3 aliphatic heterocycles. The minimum Gasteiger partial charge on any atom is -0.391 e. The number of aliphatic hydroxyl groups is 6. The SMILES string of the molecule is NCC1OC(OC2[C@@H](CSCCOCCS)O[C@@H](C[C@@H]3C(O)[C@H](N)CC(N)[C@H]3C[C@H]3OC(CN)[C@@H](O)[C@H](O)C3N)[C@H]2O)[C@H](N)C(O)[C@@H]1O. The van der Waals surface area contributed by atoms with Gasteiger partial charge >= 0.3 is 0 Å². The Bertz CT molecular complexity index is 971. The van der Waals surface area contributed by atoms with E-state index in [1.165, 1.54) is 11.8 Å². The highest BCUT2D eigenvalue weighted by molar-refractivity contribution is 7.99. The molecule has 0 bridgehead atoms. The zero-order valence-corrected chi connectivity index (χ0v) is 28.8. The van der Waals surface area contributed by atoms with Crippen molar-refractivity contribution in [2.75, 3.05) is 43.6 Å². The van der Waals surface area contributed by atoms with Gasteiger partial charge in [-0.1, -0.05) is 0 Å². The topological polar surface area (TPSA) is 324 Å². The van der Waals surface area contributed by atoms with Gasteiger partial charge in [-0.3, -0.25) is 0 Å². The van der Waals surface area contributed by atoms with Crippen molar-refractivity contribution in [1.82, 2.24) is 0 Å². The Morgan fingerprint density at radius 3 is 1.90 bits per heavy atom. The summed E-state index contributed by atoms with van der Waals surface area (Å²) < 4.78 is 30.0. The summed E-state index contributed by atoms with van der Waals surface area (Å²) in [6, 6.07) is -3.19. The zero-order chi connectivity index (χ0) is 35.3. The van der Waals surface area contributed by atoms with Crippen LogP contribution >= 0.6 is 24.4 Å². The quantitative estimate of drug-likeness (QED) is 0.0551. The van der Waals surface area contributed by atoms with Crippen molar-refractivity contribution in [2.45, 2.75) is 123 Å². The maximum Gasteiger partial charge on any atom is 0.176 e. The first kappa shape index (κ1) is 40.8. The molecule has 0 amide bonds. The Labute approximate surface area is 291 Å². The van der Waals surface area contributed by atoms with Crippen molar-refractivity contribution in [3.8, 4) is 0 Å². The van der Waals surface area contributed by atoms with Gasteiger partial charge in [-0.2, -0.15) is 24.4 Å². The van der Waals surface area contributed by atoms with Gasteiger partial charge in [-0.05, 0) is 31.1 Å². The van der Waals surface area contributed by atoms with Crippen LogP contribution in [0, 0.1) is 11.8 Å². The third-order valence-corrected chi connectivity index (χ3v) is 11.5. The highest BCUT2D eigenvalue weighted by atomic mass is 32.2. The Morgan fingerprint density at radius 2 is 1.25 bits per heavy atom. The van der Waals surface area contributed by atoms with E-state index in [1.807, 2.05) is 0 Å². The number of ether oxygens (including phenoxy) is 5. The summed E-state index contributed by atoms with van der Waals surface area (Å²) in [5.74, 6) is 0.647. The Kier molecular flexibility index (Phi) is 15.9. The van der Waals surface area contributed by atoms with Crippen LogP contribution in [0.5, 0.6) is 0 Å². The fraction of sp³-hybridized carbons (Fsp3) is 1.00. The normalized spacial score (nSPS) is 48.6. The number of rotatable bonds is 15. The van der Waals surface area contributed by atoms with Gasteiger partial charge < -0.3 is 88.7 Å². The number of thioether (sulfide) groups is 1. The molecule has 8 unspecified atom stereocenters. The maximum absolute atomic E-state index is 11.7. The summed E-state index contributed by atoms with van der Waals surface area (Å²) in [5, 5.41) is 64.9. The van der Waals surface area contributed by atoms with Crippen LogP contribution in [0.15, 0.2) is 0 Å². The van der Waals surface area contributed by atoms with Gasteiger partial charge in [0, 0.05) is 42.4 Å². The molecule has 1 saturated carbocycles. The molecule has 0 aromatic heterocycles. The van der Waals surface area contributed by atoms with Crippen LogP contribution in [0.4, 0.5) is 0 Å². The van der Waals surface area contributed by atoms with E-state index in [0.29, 0.717) is 36.9 Å². The molecular formula is C29H58N6O11S2. The van der Waals surface area contributed by atoms with E-state index in [9.17, 15) is 30.6 Å². The van der Waals surface area contributed by atoms with Gasteiger partial charge in [0.15, 0.2) is 6.29 Å². The van der Waals surface area contributed by atoms with Crippen LogP contribution in [0.2, 0.25) is 0 Å². The predicted octanol–water partition coefficient (Wildman–Crippen LogP) is -5.88. The second-order valence-electron chi connectivity index (χ2n) is 13.4. The van der Waals surface area contributed by atoms with Crippen molar-refractivity contribution in [2.24, 2.45) is 46.2 Å². The Balaban J connectivity index is 1.52. The average molecular weight is 731 g/mol. The van der Waals surface area contributed by atoms with Gasteiger partial charge in [-0.15, -0.1) is 0 Å². The van der Waals surface area contributed by atoms with Crippen molar-refractivity contribution < 1.29 is 54.3 Å². The average Bonchev–Trinajstić information content (AvgIpc) is 3.35. The number of aliphatic hydroxyl groups excluding tert-OH is 6. The molecule has 282 valence electrons. The highest BCUT2D eigenvalue weighted by Crippen LogP contribution is 2.41. The van der Waals surface area contributed by atoms with E-state index >= 15 is 0 Å². The largest absolute Gasteiger partial charge is 0.391 e. The molecule has 1 aliphatic carbocycles. The van der Waals surface area contributed by atoms with E-state index < -0.39 is 116 Å². The Hall–Kier alpha value is 0.0200. The van der Waals surface area contributed by atoms with E-state index in [4.69, 9.17) is 58.1 Å². The molecule has 0 aromatic rings. The lowest BCUT2D eigenvalue weighted by atomic mass is 9.67. The van der Waals surface area contributed by atoms with Gasteiger partial charge in [0.25, 0.3) is 0 Å². The van der Waals surface area contributed by atoms with E-state index in [2.05, 4.69) is 12.6 Å². The predicted molar refractivity (Wildman–Crippen MR) is 180 cm³/mol. The zero-order valence-electron chi connectivity index (χ0n) is 27.1. The smallest absolute Gasteiger partial charge is 0.176 e. The molecular weight excluding hydrogens is 672 g/mol. The minimum absolute atomic E-state index is 0.0321. The van der Waals surface area contributed by atoms with Gasteiger partial charge in [0.05, 0.1) is 55.8 Å². The fourth-order valence-electron chi connectivity index (χ4n) is 7.41. The summed E-state index contributed by atoms with van der Waals surface area (Å²) in [6.45, 7) is 0.875. The summed E-state index contributed by atoms with van der Waals surface area (Å²) in [5.41, 5.74) is 36.9. The van der Waals surface area contributed by atoms with Crippen molar-refractivity contribution in [3.05, 3.63) is 0 Å². The highest BCUT2D eigenvalue weighted by Gasteiger charge is 2.53. The minimum atomic E-state index is -1.38. The van der Waals surface area contributed by atoms with Crippen LogP contribution in [0.1, 0.15) is 19.3 Å². The summed E-state index contributed by atoms with van der Waals surface area (Å²) >= 11 is 5.68. The molecule has 17 nitrogen and oxygen atoms in total. The summed E-state index contributed by atoms with van der Waals surface area (Å²) in [7, 11) is 0. The lowest BCUT2D eigenvalue weighted by Crippen LogP contribution is -2.64. The summed E-state index contributed by atoms with van der Waals surface area (Å²) in [4.78, 5) is 0. The molecule has 3 heterocycles. The molecule has 0 spiro atoms. The first-order valence-corrected chi connectivity index (χ1v) is 18.5. The van der Waals surface area contributed by atoms with Crippen LogP contribution in [0.25, 0.3) is 0 Å². The maximum atomic E-state index is 11.7. The van der Waals surface area contributed by atoms with Crippen LogP contribution in [0.3, 0.4) is 0 Å². The van der Waals surface area contributed by atoms with Gasteiger partial charge in [0.1, 0.15) is 42.7 Å². The monoisotopic (exact) mass is 730 g/mol. The third-order valence-electron chi connectivity index (χ3n) is 10.3. The number of hydrogen-bond acceptors (Lipinski definition) is 19. The molecule has 19 atom stereocenters. The van der Waals surface area contributed by atoms with E-state index in [0.717, 1.165) is 0 Å². The number of nitrogens with two attached hydrogens (primary N) is 6. The van der Waals surface area contributed by atoms with E-state index in [1.54, 1.807) is 0 Å². The summed E-state index contributed by atoms with van der Waals surface area (Å²) in [6.07, 6.45) is -12.9. The van der Waals surface area contributed by atoms with Crippen LogP contribution in [-0.2, 0) is 23.7 Å². The first-order valence-electron chi connectivity index (χ1n) is 16.7. The second kappa shape index (κ2) is 18.7.